The fourth-order valence-corrected chi connectivity index (χ4v) is 4.93. The number of hydrogen-bond donors (Lipinski definition) is 1. The summed E-state index contributed by atoms with van der Waals surface area (Å²) in [5.74, 6) is 0.500. The molecule has 8 nitrogen and oxygen atoms in total. The number of nitrogens with zero attached hydrogens (tertiary/aromatic N) is 5. The predicted octanol–water partition coefficient (Wildman–Crippen LogP) is 4.08. The van der Waals surface area contributed by atoms with Crippen molar-refractivity contribution in [1.82, 2.24) is 19.3 Å². The second-order valence-electron chi connectivity index (χ2n) is 8.40. The van der Waals surface area contributed by atoms with Crippen molar-refractivity contribution in [3.8, 4) is 11.8 Å². The van der Waals surface area contributed by atoms with Gasteiger partial charge in [-0.15, -0.1) is 10.2 Å². The van der Waals surface area contributed by atoms with Crippen molar-refractivity contribution in [3.05, 3.63) is 52.5 Å². The standard InChI is InChI=1S/C24H28N6O2S/c1-15-7-8-21(16(2)10-15)30-14-26-28-24(30)33-13-22(31)27-23-20(11-25)17(3)18(4)29(23)12-19-6-5-9-32-19/h7-8,10,14,19H,5-6,9,12-13H2,1-4H3,(H,27,31). The number of carbonyl (C=O) groups is 1. The highest BCUT2D eigenvalue weighted by atomic mass is 32.2. The van der Waals surface area contributed by atoms with E-state index in [2.05, 4.69) is 34.6 Å². The van der Waals surface area contributed by atoms with Gasteiger partial charge >= 0.3 is 0 Å². The number of carbonyl (C=O) groups excluding carboxylic acids is 1. The number of ether oxygens (including phenoxy) is 1. The van der Waals surface area contributed by atoms with Crippen molar-refractivity contribution in [2.75, 3.05) is 17.7 Å². The van der Waals surface area contributed by atoms with Gasteiger partial charge in [-0.2, -0.15) is 5.26 Å². The number of thioether (sulfide) groups is 1. The number of nitriles is 1. The van der Waals surface area contributed by atoms with Crippen LogP contribution >= 0.6 is 11.8 Å². The predicted molar refractivity (Wildman–Crippen MR) is 128 cm³/mol. The van der Waals surface area contributed by atoms with E-state index < -0.39 is 0 Å². The zero-order valence-electron chi connectivity index (χ0n) is 19.4. The third-order valence-corrected chi connectivity index (χ3v) is 7.01. The summed E-state index contributed by atoms with van der Waals surface area (Å²) in [6.07, 6.45) is 3.78. The van der Waals surface area contributed by atoms with E-state index in [0.29, 0.717) is 23.1 Å². The lowest BCUT2D eigenvalue weighted by Crippen LogP contribution is -2.22. The van der Waals surface area contributed by atoms with E-state index in [9.17, 15) is 10.1 Å². The lowest BCUT2D eigenvalue weighted by atomic mass is 10.1. The van der Waals surface area contributed by atoms with E-state index in [0.717, 1.165) is 42.0 Å². The van der Waals surface area contributed by atoms with E-state index in [1.807, 2.05) is 42.0 Å². The molecule has 0 saturated carbocycles. The van der Waals surface area contributed by atoms with Gasteiger partial charge in [-0.1, -0.05) is 29.5 Å². The molecule has 0 bridgehead atoms. The molecule has 172 valence electrons. The second kappa shape index (κ2) is 9.81. The molecule has 9 heteroatoms. The van der Waals surface area contributed by atoms with Gasteiger partial charge in [0.15, 0.2) is 5.16 Å². The SMILES string of the molecule is Cc1ccc(-n2cnnc2SCC(=O)Nc2c(C#N)c(C)c(C)n2CC2CCCO2)c(C)c1. The van der Waals surface area contributed by atoms with Crippen LogP contribution in [0.25, 0.3) is 5.69 Å². The second-order valence-corrected chi connectivity index (χ2v) is 9.34. The average molecular weight is 465 g/mol. The molecule has 2 aromatic heterocycles. The van der Waals surface area contributed by atoms with Crippen molar-refractivity contribution >= 4 is 23.5 Å². The maximum Gasteiger partial charge on any atom is 0.235 e. The van der Waals surface area contributed by atoms with Crippen LogP contribution in [-0.2, 0) is 16.1 Å². The van der Waals surface area contributed by atoms with Gasteiger partial charge in [0.2, 0.25) is 5.91 Å². The number of anilines is 1. The van der Waals surface area contributed by atoms with Gasteiger partial charge in [-0.25, -0.2) is 0 Å². The topological polar surface area (TPSA) is 97.8 Å². The molecule has 0 aliphatic carbocycles. The number of aromatic nitrogens is 4. The molecule has 1 amide bonds. The zero-order valence-corrected chi connectivity index (χ0v) is 20.2. The van der Waals surface area contributed by atoms with Crippen molar-refractivity contribution in [2.24, 2.45) is 0 Å². The molecule has 1 saturated heterocycles. The Morgan fingerprint density at radius 1 is 1.33 bits per heavy atom. The minimum Gasteiger partial charge on any atom is -0.376 e. The molecule has 1 aliphatic heterocycles. The summed E-state index contributed by atoms with van der Waals surface area (Å²) in [6.45, 7) is 9.36. The number of benzene rings is 1. The maximum absolute atomic E-state index is 12.9. The number of aryl methyl sites for hydroxylation is 2. The molecular weight excluding hydrogens is 436 g/mol. The first-order chi connectivity index (χ1) is 15.9. The Hall–Kier alpha value is -3.09. The van der Waals surface area contributed by atoms with E-state index in [-0.39, 0.29) is 17.8 Å². The molecule has 1 N–H and O–H groups in total. The number of amides is 1. The monoisotopic (exact) mass is 464 g/mol. The zero-order chi connectivity index (χ0) is 23.5. The first kappa shape index (κ1) is 23.1. The number of hydrogen-bond acceptors (Lipinski definition) is 6. The van der Waals surface area contributed by atoms with E-state index in [1.54, 1.807) is 6.33 Å². The fourth-order valence-electron chi connectivity index (χ4n) is 4.21. The fraction of sp³-hybridized carbons (Fsp3) is 0.417. The third-order valence-electron chi connectivity index (χ3n) is 6.07. The molecule has 3 heterocycles. The van der Waals surface area contributed by atoms with E-state index in [4.69, 9.17) is 4.74 Å². The third kappa shape index (κ3) is 4.82. The van der Waals surface area contributed by atoms with Crippen LogP contribution in [0.4, 0.5) is 5.82 Å². The van der Waals surface area contributed by atoms with Crippen LogP contribution < -0.4 is 5.32 Å². The first-order valence-electron chi connectivity index (χ1n) is 11.0. The van der Waals surface area contributed by atoms with Crippen LogP contribution in [0, 0.1) is 39.0 Å². The van der Waals surface area contributed by atoms with Crippen LogP contribution in [0.2, 0.25) is 0 Å². The van der Waals surface area contributed by atoms with Crippen molar-refractivity contribution < 1.29 is 9.53 Å². The molecule has 1 unspecified atom stereocenters. The van der Waals surface area contributed by atoms with Gasteiger partial charge in [0.1, 0.15) is 18.2 Å². The highest BCUT2D eigenvalue weighted by Crippen LogP contribution is 2.29. The van der Waals surface area contributed by atoms with Gasteiger partial charge < -0.3 is 14.6 Å². The first-order valence-corrected chi connectivity index (χ1v) is 12.0. The average Bonchev–Trinajstić information content (AvgIpc) is 3.51. The molecule has 1 aromatic carbocycles. The molecule has 0 radical (unpaired) electrons. The smallest absolute Gasteiger partial charge is 0.235 e. The van der Waals surface area contributed by atoms with Gasteiger partial charge in [-0.05, 0) is 57.7 Å². The lowest BCUT2D eigenvalue weighted by Gasteiger charge is -2.17. The van der Waals surface area contributed by atoms with Crippen LogP contribution in [0.5, 0.6) is 0 Å². The minimum absolute atomic E-state index is 0.100. The Bertz CT molecular complexity index is 1220. The highest BCUT2D eigenvalue weighted by molar-refractivity contribution is 7.99. The molecule has 3 aromatic rings. The minimum atomic E-state index is -0.197. The van der Waals surface area contributed by atoms with Crippen LogP contribution in [0.1, 0.15) is 40.8 Å². The van der Waals surface area contributed by atoms with Crippen LogP contribution in [-0.4, -0.2) is 43.7 Å². The molecular formula is C24H28N6O2S. The Morgan fingerprint density at radius 2 is 2.15 bits per heavy atom. The van der Waals surface area contributed by atoms with Crippen molar-refractivity contribution in [3.63, 3.8) is 0 Å². The van der Waals surface area contributed by atoms with Crippen molar-refractivity contribution in [2.45, 2.75) is 58.3 Å². The van der Waals surface area contributed by atoms with E-state index >= 15 is 0 Å². The highest BCUT2D eigenvalue weighted by Gasteiger charge is 2.24. The summed E-state index contributed by atoms with van der Waals surface area (Å²) in [6, 6.07) is 8.43. The van der Waals surface area contributed by atoms with Gasteiger partial charge in [0.05, 0.1) is 29.7 Å². The summed E-state index contributed by atoms with van der Waals surface area (Å²) < 4.78 is 9.68. The van der Waals surface area contributed by atoms with Crippen LogP contribution in [0.3, 0.4) is 0 Å². The molecule has 33 heavy (non-hydrogen) atoms. The van der Waals surface area contributed by atoms with Gasteiger partial charge in [0.25, 0.3) is 0 Å². The normalized spacial score (nSPS) is 15.5. The van der Waals surface area contributed by atoms with Crippen LogP contribution in [0.15, 0.2) is 29.7 Å². The summed E-state index contributed by atoms with van der Waals surface area (Å²) in [7, 11) is 0. The molecule has 4 rings (SSSR count). The Kier molecular flexibility index (Phi) is 6.86. The Labute approximate surface area is 198 Å². The molecule has 1 fully saturated rings. The molecule has 1 aliphatic rings. The Balaban J connectivity index is 1.50. The molecule has 1 atom stereocenters. The van der Waals surface area contributed by atoms with Gasteiger partial charge in [-0.3, -0.25) is 9.36 Å². The Morgan fingerprint density at radius 3 is 2.85 bits per heavy atom. The number of nitrogens with one attached hydrogen (secondary N) is 1. The van der Waals surface area contributed by atoms with Crippen molar-refractivity contribution in [1.29, 1.82) is 5.26 Å². The summed E-state index contributed by atoms with van der Waals surface area (Å²) in [5.41, 5.74) is 5.63. The lowest BCUT2D eigenvalue weighted by molar-refractivity contribution is -0.113. The summed E-state index contributed by atoms with van der Waals surface area (Å²) in [5, 5.41) is 21.6. The maximum atomic E-state index is 12.9. The van der Waals surface area contributed by atoms with Gasteiger partial charge in [0, 0.05) is 12.3 Å². The summed E-state index contributed by atoms with van der Waals surface area (Å²) in [4.78, 5) is 12.9. The largest absolute Gasteiger partial charge is 0.376 e. The number of rotatable bonds is 7. The van der Waals surface area contributed by atoms with E-state index in [1.165, 1.54) is 17.3 Å². The molecule has 0 spiro atoms. The summed E-state index contributed by atoms with van der Waals surface area (Å²) >= 11 is 1.31. The quantitative estimate of drug-likeness (QED) is 0.529.